The van der Waals surface area contributed by atoms with E-state index in [4.69, 9.17) is 0 Å². The van der Waals surface area contributed by atoms with Crippen molar-refractivity contribution in [1.82, 2.24) is 0 Å². The van der Waals surface area contributed by atoms with E-state index >= 15 is 0 Å². The predicted molar refractivity (Wildman–Crippen MR) is 66.9 cm³/mol. The minimum atomic E-state index is 0.460. The first-order valence-corrected chi connectivity index (χ1v) is 6.24. The van der Waals surface area contributed by atoms with Crippen LogP contribution in [0.3, 0.4) is 0 Å². The zero-order valence-electron chi connectivity index (χ0n) is 9.26. The van der Waals surface area contributed by atoms with Crippen LogP contribution in [0.5, 0.6) is 0 Å². The second-order valence-electron chi connectivity index (χ2n) is 4.29. The largest absolute Gasteiger partial charge is 0.0842 e. The Balaban J connectivity index is 2.55. The molecule has 1 aromatic carbocycles. The lowest BCUT2D eigenvalue weighted by Gasteiger charge is -2.07. The molecule has 0 aliphatic rings. The number of hydrogen-bond acceptors (Lipinski definition) is 0. The van der Waals surface area contributed by atoms with Crippen molar-refractivity contribution >= 4 is 15.9 Å². The van der Waals surface area contributed by atoms with Gasteiger partial charge in [-0.1, -0.05) is 54.0 Å². The Morgan fingerprint density at radius 1 is 1.07 bits per heavy atom. The van der Waals surface area contributed by atoms with Crippen LogP contribution in [0.25, 0.3) is 0 Å². The highest BCUT2D eigenvalue weighted by Crippen LogP contribution is 2.22. The summed E-state index contributed by atoms with van der Waals surface area (Å²) >= 11 is 3.57. The number of alkyl halides is 1. The molecule has 14 heavy (non-hydrogen) atoms. The van der Waals surface area contributed by atoms with E-state index < -0.39 is 0 Å². The van der Waals surface area contributed by atoms with Gasteiger partial charge in [0.05, 0.1) is 0 Å². The van der Waals surface area contributed by atoms with Gasteiger partial charge in [0.15, 0.2) is 0 Å². The van der Waals surface area contributed by atoms with Crippen LogP contribution in [-0.4, -0.2) is 0 Å². The van der Waals surface area contributed by atoms with E-state index in [-0.39, 0.29) is 0 Å². The lowest BCUT2D eigenvalue weighted by Crippen LogP contribution is -1.92. The molecule has 0 nitrogen and oxygen atoms in total. The highest BCUT2D eigenvalue weighted by molar-refractivity contribution is 9.09. The molecule has 0 N–H and O–H groups in total. The maximum absolute atomic E-state index is 3.57. The smallest absolute Gasteiger partial charge is 0.0367 e. The van der Waals surface area contributed by atoms with Crippen LogP contribution in [-0.2, 0) is 6.42 Å². The molecular weight excluding hydrogens is 236 g/mol. The van der Waals surface area contributed by atoms with Gasteiger partial charge >= 0.3 is 0 Å². The van der Waals surface area contributed by atoms with Crippen molar-refractivity contribution in [1.29, 1.82) is 0 Å². The summed E-state index contributed by atoms with van der Waals surface area (Å²) in [5, 5.41) is 0. The highest BCUT2D eigenvalue weighted by Gasteiger charge is 2.00. The molecule has 0 saturated carbocycles. The Hall–Kier alpha value is -0.300. The summed E-state index contributed by atoms with van der Waals surface area (Å²) in [5.74, 6) is 0.796. The van der Waals surface area contributed by atoms with Gasteiger partial charge in [-0.25, -0.2) is 0 Å². The van der Waals surface area contributed by atoms with Crippen molar-refractivity contribution in [2.45, 2.75) is 38.4 Å². The van der Waals surface area contributed by atoms with E-state index in [0.29, 0.717) is 4.83 Å². The number of halogens is 1. The molecule has 78 valence electrons. The van der Waals surface area contributed by atoms with Gasteiger partial charge in [-0.05, 0) is 36.8 Å². The molecular formula is C13H19Br. The lowest BCUT2D eigenvalue weighted by molar-refractivity contribution is 0.586. The summed E-state index contributed by atoms with van der Waals surface area (Å²) in [7, 11) is 0. The number of aryl methyl sites for hydroxylation is 1. The fourth-order valence-electron chi connectivity index (χ4n) is 1.40. The third-order valence-electron chi connectivity index (χ3n) is 2.45. The quantitative estimate of drug-likeness (QED) is 0.682. The molecule has 1 heteroatoms. The summed E-state index contributed by atoms with van der Waals surface area (Å²) in [5.41, 5.74) is 2.81. The average Bonchev–Trinajstić information content (AvgIpc) is 2.15. The molecule has 0 bridgehead atoms. The van der Waals surface area contributed by atoms with Crippen molar-refractivity contribution < 1.29 is 0 Å². The van der Waals surface area contributed by atoms with E-state index in [9.17, 15) is 0 Å². The molecule has 0 radical (unpaired) electrons. The van der Waals surface area contributed by atoms with Crippen LogP contribution in [0.4, 0.5) is 0 Å². The summed E-state index contributed by atoms with van der Waals surface area (Å²) in [6.07, 6.45) is 2.48. The molecule has 0 saturated heterocycles. The number of rotatable bonds is 4. The Morgan fingerprint density at radius 2 is 1.64 bits per heavy atom. The maximum atomic E-state index is 3.57. The van der Waals surface area contributed by atoms with Gasteiger partial charge in [0.2, 0.25) is 0 Å². The van der Waals surface area contributed by atoms with E-state index in [0.717, 1.165) is 5.92 Å². The summed E-state index contributed by atoms with van der Waals surface area (Å²) < 4.78 is 0. The van der Waals surface area contributed by atoms with Crippen molar-refractivity contribution in [2.75, 3.05) is 0 Å². The minimum absolute atomic E-state index is 0.460. The summed E-state index contributed by atoms with van der Waals surface area (Å²) in [6.45, 7) is 6.70. The Labute approximate surface area is 95.9 Å². The normalized spacial score (nSPS) is 13.2. The van der Waals surface area contributed by atoms with E-state index in [2.05, 4.69) is 61.0 Å². The average molecular weight is 255 g/mol. The Bertz CT molecular complexity index is 259. The van der Waals surface area contributed by atoms with E-state index in [1.54, 1.807) is 0 Å². The van der Waals surface area contributed by atoms with Gasteiger partial charge in [0.1, 0.15) is 0 Å². The molecule has 1 unspecified atom stereocenters. The zero-order valence-corrected chi connectivity index (χ0v) is 10.8. The van der Waals surface area contributed by atoms with Gasteiger partial charge in [-0.2, -0.15) is 0 Å². The predicted octanol–water partition coefficient (Wildman–Crippen LogP) is 4.73. The first-order chi connectivity index (χ1) is 6.59. The van der Waals surface area contributed by atoms with Gasteiger partial charge < -0.3 is 0 Å². The topological polar surface area (TPSA) is 0 Å². The molecule has 0 aromatic heterocycles. The summed E-state index contributed by atoms with van der Waals surface area (Å²) in [6, 6.07) is 8.93. The molecule has 0 fully saturated rings. The molecule has 0 aliphatic heterocycles. The second-order valence-corrected chi connectivity index (χ2v) is 5.66. The second kappa shape index (κ2) is 5.55. The zero-order chi connectivity index (χ0) is 10.6. The van der Waals surface area contributed by atoms with Gasteiger partial charge in [-0.15, -0.1) is 0 Å². The number of hydrogen-bond donors (Lipinski definition) is 0. The van der Waals surface area contributed by atoms with Crippen molar-refractivity contribution in [3.8, 4) is 0 Å². The van der Waals surface area contributed by atoms with Crippen LogP contribution >= 0.6 is 15.9 Å². The van der Waals surface area contributed by atoms with Crippen LogP contribution in [0.2, 0.25) is 0 Å². The fourth-order valence-corrected chi connectivity index (χ4v) is 1.71. The SMILES string of the molecule is CC(C)CCc1ccc(C(C)Br)cc1. The fraction of sp³-hybridized carbons (Fsp3) is 0.538. The van der Waals surface area contributed by atoms with E-state index in [1.165, 1.54) is 24.0 Å². The standard InChI is InChI=1S/C13H19Br/c1-10(2)4-5-12-6-8-13(9-7-12)11(3)14/h6-11H,4-5H2,1-3H3. The Morgan fingerprint density at radius 3 is 2.07 bits per heavy atom. The van der Waals surface area contributed by atoms with Crippen LogP contribution in [0.1, 0.15) is 43.1 Å². The van der Waals surface area contributed by atoms with E-state index in [1.807, 2.05) is 0 Å². The third kappa shape index (κ3) is 3.83. The molecule has 1 atom stereocenters. The highest BCUT2D eigenvalue weighted by atomic mass is 79.9. The number of benzene rings is 1. The van der Waals surface area contributed by atoms with Crippen LogP contribution in [0, 0.1) is 5.92 Å². The summed E-state index contributed by atoms with van der Waals surface area (Å²) in [4.78, 5) is 0.460. The lowest BCUT2D eigenvalue weighted by atomic mass is 10.0. The molecule has 0 amide bonds. The van der Waals surface area contributed by atoms with Crippen molar-refractivity contribution in [3.63, 3.8) is 0 Å². The van der Waals surface area contributed by atoms with Crippen molar-refractivity contribution in [2.24, 2.45) is 5.92 Å². The van der Waals surface area contributed by atoms with Gasteiger partial charge in [0, 0.05) is 4.83 Å². The van der Waals surface area contributed by atoms with Gasteiger partial charge in [0.25, 0.3) is 0 Å². The Kier molecular flexibility index (Phi) is 4.67. The first-order valence-electron chi connectivity index (χ1n) is 5.32. The van der Waals surface area contributed by atoms with Crippen LogP contribution < -0.4 is 0 Å². The minimum Gasteiger partial charge on any atom is -0.0842 e. The third-order valence-corrected chi connectivity index (χ3v) is 2.98. The maximum Gasteiger partial charge on any atom is 0.0367 e. The van der Waals surface area contributed by atoms with Gasteiger partial charge in [-0.3, -0.25) is 0 Å². The molecule has 1 aromatic rings. The first kappa shape index (κ1) is 11.8. The molecule has 0 spiro atoms. The van der Waals surface area contributed by atoms with Crippen molar-refractivity contribution in [3.05, 3.63) is 35.4 Å². The molecule has 0 aliphatic carbocycles. The van der Waals surface area contributed by atoms with Crippen LogP contribution in [0.15, 0.2) is 24.3 Å². The molecule has 1 rings (SSSR count). The monoisotopic (exact) mass is 254 g/mol. The molecule has 0 heterocycles.